The predicted octanol–water partition coefficient (Wildman–Crippen LogP) is 1.50. The molecule has 2 aliphatic rings. The van der Waals surface area contributed by atoms with Crippen LogP contribution < -0.4 is 10.6 Å². The summed E-state index contributed by atoms with van der Waals surface area (Å²) >= 11 is 0. The fourth-order valence-corrected chi connectivity index (χ4v) is 2.92. The molecule has 21 heavy (non-hydrogen) atoms. The normalized spacial score (nSPS) is 21.8. The number of carbonyl (C=O) groups is 2. The highest BCUT2D eigenvalue weighted by atomic mass is 16.2. The van der Waals surface area contributed by atoms with E-state index in [1.54, 1.807) is 0 Å². The number of anilines is 1. The maximum atomic E-state index is 12.0. The molecule has 5 heteroatoms. The Hall–Kier alpha value is -1.88. The molecule has 1 aromatic rings. The van der Waals surface area contributed by atoms with Gasteiger partial charge in [0.2, 0.25) is 11.8 Å². The van der Waals surface area contributed by atoms with Gasteiger partial charge in [-0.15, -0.1) is 0 Å². The van der Waals surface area contributed by atoms with Crippen LogP contribution in [0, 0.1) is 0 Å². The number of amides is 2. The zero-order valence-electron chi connectivity index (χ0n) is 12.1. The van der Waals surface area contributed by atoms with E-state index in [0.717, 1.165) is 43.6 Å². The lowest BCUT2D eigenvalue weighted by Crippen LogP contribution is -2.35. The van der Waals surface area contributed by atoms with Crippen LogP contribution in [0.3, 0.4) is 0 Å². The van der Waals surface area contributed by atoms with Crippen LogP contribution in [0.25, 0.3) is 0 Å². The van der Waals surface area contributed by atoms with Crippen molar-refractivity contribution in [2.45, 2.75) is 38.3 Å². The molecule has 1 unspecified atom stereocenters. The number of rotatable bonds is 4. The van der Waals surface area contributed by atoms with Crippen molar-refractivity contribution in [1.82, 2.24) is 10.2 Å². The van der Waals surface area contributed by atoms with E-state index in [0.29, 0.717) is 13.0 Å². The molecule has 2 amide bonds. The van der Waals surface area contributed by atoms with Crippen molar-refractivity contribution < 1.29 is 9.59 Å². The number of hydrogen-bond donors (Lipinski definition) is 2. The largest absolute Gasteiger partial charge is 0.338 e. The molecular weight excluding hydrogens is 266 g/mol. The Morgan fingerprint density at radius 1 is 1.29 bits per heavy atom. The number of nitrogens with zero attached hydrogens (tertiary/aromatic N) is 1. The number of hydrogen-bond acceptors (Lipinski definition) is 3. The summed E-state index contributed by atoms with van der Waals surface area (Å²) in [6, 6.07) is 7.70. The van der Waals surface area contributed by atoms with Crippen LogP contribution in [0.2, 0.25) is 0 Å². The van der Waals surface area contributed by atoms with Gasteiger partial charge in [0.15, 0.2) is 0 Å². The molecule has 1 aromatic carbocycles. The average Bonchev–Trinajstić information content (AvgIpc) is 3.14. The Morgan fingerprint density at radius 2 is 2.10 bits per heavy atom. The maximum absolute atomic E-state index is 12.0. The summed E-state index contributed by atoms with van der Waals surface area (Å²) in [6.45, 7) is 2.43. The first-order valence-electron chi connectivity index (χ1n) is 7.63. The molecule has 112 valence electrons. The summed E-state index contributed by atoms with van der Waals surface area (Å²) in [6.07, 6.45) is 3.59. The predicted molar refractivity (Wildman–Crippen MR) is 80.7 cm³/mol. The van der Waals surface area contributed by atoms with Gasteiger partial charge >= 0.3 is 0 Å². The number of likely N-dealkylation sites (tertiary alicyclic amines) is 1. The summed E-state index contributed by atoms with van der Waals surface area (Å²) in [5.41, 5.74) is 1.91. The lowest BCUT2D eigenvalue weighted by molar-refractivity contribution is -0.128. The van der Waals surface area contributed by atoms with Crippen molar-refractivity contribution in [2.24, 2.45) is 0 Å². The summed E-state index contributed by atoms with van der Waals surface area (Å²) in [4.78, 5) is 25.5. The SMILES string of the molecule is O=C(Nc1ccc(CN2CCCC2=O)cc1)C1CCCN1. The quantitative estimate of drug-likeness (QED) is 0.882. The molecule has 2 N–H and O–H groups in total. The fourth-order valence-electron chi connectivity index (χ4n) is 2.92. The third-order valence-electron chi connectivity index (χ3n) is 4.14. The van der Waals surface area contributed by atoms with Gasteiger partial charge in [0.1, 0.15) is 0 Å². The van der Waals surface area contributed by atoms with E-state index in [9.17, 15) is 9.59 Å². The Kier molecular flexibility index (Phi) is 4.20. The topological polar surface area (TPSA) is 61.4 Å². The van der Waals surface area contributed by atoms with E-state index < -0.39 is 0 Å². The van der Waals surface area contributed by atoms with E-state index in [4.69, 9.17) is 0 Å². The van der Waals surface area contributed by atoms with Gasteiger partial charge in [-0.2, -0.15) is 0 Å². The Balaban J connectivity index is 1.56. The average molecular weight is 287 g/mol. The van der Waals surface area contributed by atoms with Gasteiger partial charge < -0.3 is 15.5 Å². The van der Waals surface area contributed by atoms with Gasteiger partial charge in [-0.05, 0) is 43.5 Å². The van der Waals surface area contributed by atoms with Gasteiger partial charge in [0.05, 0.1) is 6.04 Å². The number of nitrogens with one attached hydrogen (secondary N) is 2. The van der Waals surface area contributed by atoms with Crippen LogP contribution in [0.1, 0.15) is 31.2 Å². The fraction of sp³-hybridized carbons (Fsp3) is 0.500. The van der Waals surface area contributed by atoms with Crippen molar-refractivity contribution in [1.29, 1.82) is 0 Å². The molecule has 0 saturated carbocycles. The second-order valence-corrected chi connectivity index (χ2v) is 5.75. The summed E-state index contributed by atoms with van der Waals surface area (Å²) in [5, 5.41) is 6.12. The summed E-state index contributed by atoms with van der Waals surface area (Å²) in [7, 11) is 0. The Morgan fingerprint density at radius 3 is 2.71 bits per heavy atom. The van der Waals surface area contributed by atoms with Gasteiger partial charge in [-0.3, -0.25) is 9.59 Å². The minimum absolute atomic E-state index is 0.0370. The van der Waals surface area contributed by atoms with Crippen molar-refractivity contribution in [3.63, 3.8) is 0 Å². The molecule has 1 atom stereocenters. The summed E-state index contributed by atoms with van der Waals surface area (Å²) < 4.78 is 0. The highest BCUT2D eigenvalue weighted by Crippen LogP contribution is 2.17. The van der Waals surface area contributed by atoms with Crippen LogP contribution in [0.4, 0.5) is 5.69 Å². The van der Waals surface area contributed by atoms with Crippen LogP contribution in [-0.4, -0.2) is 35.8 Å². The molecule has 2 saturated heterocycles. The molecule has 2 heterocycles. The number of carbonyl (C=O) groups excluding carboxylic acids is 2. The number of benzene rings is 1. The molecule has 0 aromatic heterocycles. The van der Waals surface area contributed by atoms with Gasteiger partial charge in [0, 0.05) is 25.2 Å². The van der Waals surface area contributed by atoms with E-state index in [1.165, 1.54) is 0 Å². The first kappa shape index (κ1) is 14.1. The molecular formula is C16H21N3O2. The molecule has 5 nitrogen and oxygen atoms in total. The van der Waals surface area contributed by atoms with Gasteiger partial charge in [0.25, 0.3) is 0 Å². The maximum Gasteiger partial charge on any atom is 0.241 e. The second-order valence-electron chi connectivity index (χ2n) is 5.75. The molecule has 0 radical (unpaired) electrons. The van der Waals surface area contributed by atoms with Crippen LogP contribution >= 0.6 is 0 Å². The Bertz CT molecular complexity index is 521. The first-order valence-corrected chi connectivity index (χ1v) is 7.63. The highest BCUT2D eigenvalue weighted by molar-refractivity contribution is 5.95. The molecule has 0 spiro atoms. The summed E-state index contributed by atoms with van der Waals surface area (Å²) in [5.74, 6) is 0.273. The lowest BCUT2D eigenvalue weighted by atomic mass is 10.1. The van der Waals surface area contributed by atoms with E-state index in [1.807, 2.05) is 29.2 Å². The minimum atomic E-state index is -0.0631. The molecule has 0 bridgehead atoms. The van der Waals surface area contributed by atoms with Gasteiger partial charge in [-0.25, -0.2) is 0 Å². The zero-order valence-corrected chi connectivity index (χ0v) is 12.1. The van der Waals surface area contributed by atoms with E-state index in [-0.39, 0.29) is 17.9 Å². The van der Waals surface area contributed by atoms with Crippen molar-refractivity contribution in [3.05, 3.63) is 29.8 Å². The standard InChI is InChI=1S/C16H21N3O2/c20-15-4-2-10-19(15)11-12-5-7-13(8-6-12)18-16(21)14-3-1-9-17-14/h5-8,14,17H,1-4,9-11H2,(H,18,21). The Labute approximate surface area is 124 Å². The van der Waals surface area contributed by atoms with Crippen LogP contribution in [0.5, 0.6) is 0 Å². The third-order valence-corrected chi connectivity index (χ3v) is 4.14. The molecule has 2 aliphatic heterocycles. The lowest BCUT2D eigenvalue weighted by Gasteiger charge is -2.16. The van der Waals surface area contributed by atoms with Crippen LogP contribution in [-0.2, 0) is 16.1 Å². The van der Waals surface area contributed by atoms with Crippen molar-refractivity contribution >= 4 is 17.5 Å². The molecule has 2 fully saturated rings. The molecule has 3 rings (SSSR count). The van der Waals surface area contributed by atoms with E-state index in [2.05, 4.69) is 10.6 Å². The van der Waals surface area contributed by atoms with Crippen molar-refractivity contribution in [2.75, 3.05) is 18.4 Å². The first-order chi connectivity index (χ1) is 10.2. The monoisotopic (exact) mass is 287 g/mol. The third kappa shape index (κ3) is 3.42. The molecule has 0 aliphatic carbocycles. The highest BCUT2D eigenvalue weighted by Gasteiger charge is 2.22. The van der Waals surface area contributed by atoms with Gasteiger partial charge in [-0.1, -0.05) is 12.1 Å². The smallest absolute Gasteiger partial charge is 0.241 e. The van der Waals surface area contributed by atoms with E-state index >= 15 is 0 Å². The van der Waals surface area contributed by atoms with Crippen LogP contribution in [0.15, 0.2) is 24.3 Å². The second kappa shape index (κ2) is 6.26. The zero-order chi connectivity index (χ0) is 14.7. The minimum Gasteiger partial charge on any atom is -0.338 e. The van der Waals surface area contributed by atoms with Crippen molar-refractivity contribution in [3.8, 4) is 0 Å².